The molecular formula is C21H27N5O. The van der Waals surface area contributed by atoms with E-state index < -0.39 is 0 Å². The van der Waals surface area contributed by atoms with E-state index in [2.05, 4.69) is 39.7 Å². The van der Waals surface area contributed by atoms with Gasteiger partial charge in [-0.3, -0.25) is 9.89 Å². The smallest absolute Gasteiger partial charge is 0.220 e. The molecule has 0 radical (unpaired) electrons. The third kappa shape index (κ3) is 3.94. The van der Waals surface area contributed by atoms with Crippen molar-refractivity contribution in [2.24, 2.45) is 0 Å². The van der Waals surface area contributed by atoms with Gasteiger partial charge in [0.25, 0.3) is 0 Å². The van der Waals surface area contributed by atoms with E-state index in [4.69, 9.17) is 0 Å². The van der Waals surface area contributed by atoms with Crippen LogP contribution in [0.25, 0.3) is 5.69 Å². The van der Waals surface area contributed by atoms with Crippen LogP contribution in [-0.4, -0.2) is 25.9 Å². The lowest BCUT2D eigenvalue weighted by atomic mass is 10.1. The van der Waals surface area contributed by atoms with Crippen molar-refractivity contribution in [3.05, 3.63) is 64.2 Å². The van der Waals surface area contributed by atoms with E-state index in [0.29, 0.717) is 12.8 Å². The van der Waals surface area contributed by atoms with Gasteiger partial charge in [0.05, 0.1) is 23.6 Å². The fraction of sp³-hybridized carbons (Fsp3) is 0.381. The lowest BCUT2D eigenvalue weighted by molar-refractivity contribution is -0.121. The van der Waals surface area contributed by atoms with Gasteiger partial charge in [-0.05, 0) is 51.8 Å². The number of amides is 1. The number of hydrogen-bond donors (Lipinski definition) is 2. The van der Waals surface area contributed by atoms with Crippen molar-refractivity contribution in [2.75, 3.05) is 0 Å². The van der Waals surface area contributed by atoms with Gasteiger partial charge in [0, 0.05) is 29.8 Å². The Kier molecular flexibility index (Phi) is 5.44. The number of aromatic nitrogens is 4. The summed E-state index contributed by atoms with van der Waals surface area (Å²) in [5.74, 6) is 0.0191. The molecule has 0 saturated carbocycles. The van der Waals surface area contributed by atoms with E-state index in [1.807, 2.05) is 50.7 Å². The number of aryl methyl sites for hydroxylation is 3. The summed E-state index contributed by atoms with van der Waals surface area (Å²) in [7, 11) is 0. The SMILES string of the molecule is Cc1ccccc1-n1ncc(C(C)NC(=O)CCc2n[nH]c(C)c2C)c1C. The molecule has 142 valence electrons. The van der Waals surface area contributed by atoms with Gasteiger partial charge in [0.2, 0.25) is 5.91 Å². The zero-order valence-corrected chi connectivity index (χ0v) is 16.6. The Balaban J connectivity index is 1.66. The molecule has 0 aliphatic rings. The molecule has 0 aliphatic heterocycles. The van der Waals surface area contributed by atoms with Gasteiger partial charge in [-0.2, -0.15) is 10.2 Å². The highest BCUT2D eigenvalue weighted by Crippen LogP contribution is 2.22. The van der Waals surface area contributed by atoms with Gasteiger partial charge in [-0.1, -0.05) is 18.2 Å². The van der Waals surface area contributed by atoms with Crippen molar-refractivity contribution >= 4 is 5.91 Å². The summed E-state index contributed by atoms with van der Waals surface area (Å²) in [4.78, 5) is 12.4. The second-order valence-corrected chi connectivity index (χ2v) is 7.09. The zero-order valence-electron chi connectivity index (χ0n) is 16.6. The molecule has 27 heavy (non-hydrogen) atoms. The summed E-state index contributed by atoms with van der Waals surface area (Å²) >= 11 is 0. The number of benzene rings is 1. The van der Waals surface area contributed by atoms with Gasteiger partial charge in [-0.25, -0.2) is 4.68 Å². The molecule has 2 aromatic heterocycles. The fourth-order valence-corrected chi connectivity index (χ4v) is 3.29. The summed E-state index contributed by atoms with van der Waals surface area (Å²) < 4.78 is 1.93. The number of hydrogen-bond acceptors (Lipinski definition) is 3. The van der Waals surface area contributed by atoms with Crippen LogP contribution >= 0.6 is 0 Å². The van der Waals surface area contributed by atoms with Crippen LogP contribution in [0, 0.1) is 27.7 Å². The van der Waals surface area contributed by atoms with Gasteiger partial charge in [0.15, 0.2) is 0 Å². The average molecular weight is 365 g/mol. The first-order chi connectivity index (χ1) is 12.9. The first kappa shape index (κ1) is 18.9. The highest BCUT2D eigenvalue weighted by atomic mass is 16.1. The number of carbonyl (C=O) groups excluding carboxylic acids is 1. The molecule has 3 rings (SSSR count). The molecule has 1 unspecified atom stereocenters. The quantitative estimate of drug-likeness (QED) is 0.700. The van der Waals surface area contributed by atoms with Gasteiger partial charge in [-0.15, -0.1) is 0 Å². The Bertz CT molecular complexity index is 953. The monoisotopic (exact) mass is 365 g/mol. The Morgan fingerprint density at radius 2 is 1.96 bits per heavy atom. The maximum absolute atomic E-state index is 12.4. The van der Waals surface area contributed by atoms with E-state index in [0.717, 1.165) is 39.5 Å². The van der Waals surface area contributed by atoms with E-state index in [-0.39, 0.29) is 11.9 Å². The van der Waals surface area contributed by atoms with Crippen molar-refractivity contribution in [1.82, 2.24) is 25.3 Å². The predicted octanol–water partition coefficient (Wildman–Crippen LogP) is 3.64. The maximum Gasteiger partial charge on any atom is 0.220 e. The molecule has 1 aromatic carbocycles. The minimum atomic E-state index is -0.0997. The minimum Gasteiger partial charge on any atom is -0.349 e. The Labute approximate surface area is 160 Å². The lowest BCUT2D eigenvalue weighted by Crippen LogP contribution is -2.27. The summed E-state index contributed by atoms with van der Waals surface area (Å²) in [6, 6.07) is 8.05. The van der Waals surface area contributed by atoms with Crippen LogP contribution in [0.5, 0.6) is 0 Å². The molecule has 3 aromatic rings. The topological polar surface area (TPSA) is 75.6 Å². The van der Waals surface area contributed by atoms with Crippen LogP contribution in [0.4, 0.5) is 0 Å². The molecule has 6 nitrogen and oxygen atoms in total. The highest BCUT2D eigenvalue weighted by Gasteiger charge is 2.17. The number of nitrogens with zero attached hydrogens (tertiary/aromatic N) is 3. The van der Waals surface area contributed by atoms with Crippen molar-refractivity contribution in [3.63, 3.8) is 0 Å². The van der Waals surface area contributed by atoms with Crippen LogP contribution in [0.2, 0.25) is 0 Å². The van der Waals surface area contributed by atoms with Crippen molar-refractivity contribution in [3.8, 4) is 5.69 Å². The number of rotatable bonds is 6. The molecule has 1 atom stereocenters. The molecule has 0 fully saturated rings. The lowest BCUT2D eigenvalue weighted by Gasteiger charge is -2.14. The first-order valence-corrected chi connectivity index (χ1v) is 9.28. The number of para-hydroxylation sites is 1. The summed E-state index contributed by atoms with van der Waals surface area (Å²) in [5, 5.41) is 14.8. The number of nitrogens with one attached hydrogen (secondary N) is 2. The molecule has 2 heterocycles. The van der Waals surface area contributed by atoms with Crippen LogP contribution < -0.4 is 5.32 Å². The normalized spacial score (nSPS) is 12.2. The van der Waals surface area contributed by atoms with Crippen LogP contribution in [0.1, 0.15) is 53.2 Å². The maximum atomic E-state index is 12.4. The van der Waals surface area contributed by atoms with Gasteiger partial charge >= 0.3 is 0 Å². The molecule has 0 bridgehead atoms. The Morgan fingerprint density at radius 1 is 1.22 bits per heavy atom. The molecule has 0 saturated heterocycles. The van der Waals surface area contributed by atoms with Crippen molar-refractivity contribution < 1.29 is 4.79 Å². The Morgan fingerprint density at radius 3 is 2.63 bits per heavy atom. The largest absolute Gasteiger partial charge is 0.349 e. The van der Waals surface area contributed by atoms with Crippen molar-refractivity contribution in [2.45, 2.75) is 53.5 Å². The fourth-order valence-electron chi connectivity index (χ4n) is 3.29. The van der Waals surface area contributed by atoms with Crippen LogP contribution in [-0.2, 0) is 11.2 Å². The number of aromatic amines is 1. The molecule has 0 spiro atoms. The Hall–Kier alpha value is -2.89. The van der Waals surface area contributed by atoms with Gasteiger partial charge < -0.3 is 5.32 Å². The average Bonchev–Trinajstić information content (AvgIpc) is 3.17. The number of carbonyl (C=O) groups is 1. The predicted molar refractivity (Wildman–Crippen MR) is 106 cm³/mol. The van der Waals surface area contributed by atoms with E-state index in [1.54, 1.807) is 0 Å². The molecule has 0 aliphatic carbocycles. The molecule has 2 N–H and O–H groups in total. The highest BCUT2D eigenvalue weighted by molar-refractivity contribution is 5.76. The minimum absolute atomic E-state index is 0.0191. The first-order valence-electron chi connectivity index (χ1n) is 9.28. The zero-order chi connectivity index (χ0) is 19.6. The molecular weight excluding hydrogens is 338 g/mol. The summed E-state index contributed by atoms with van der Waals surface area (Å²) in [6.45, 7) is 10.1. The molecule has 1 amide bonds. The molecule has 6 heteroatoms. The second-order valence-electron chi connectivity index (χ2n) is 7.09. The number of H-pyrrole nitrogens is 1. The third-order valence-electron chi connectivity index (χ3n) is 5.18. The second kappa shape index (κ2) is 7.78. The van der Waals surface area contributed by atoms with E-state index >= 15 is 0 Å². The van der Waals surface area contributed by atoms with Crippen LogP contribution in [0.3, 0.4) is 0 Å². The van der Waals surface area contributed by atoms with E-state index in [1.165, 1.54) is 0 Å². The van der Waals surface area contributed by atoms with E-state index in [9.17, 15) is 4.79 Å². The summed E-state index contributed by atoms with van der Waals surface area (Å²) in [5.41, 5.74) is 7.43. The van der Waals surface area contributed by atoms with Gasteiger partial charge in [0.1, 0.15) is 0 Å². The van der Waals surface area contributed by atoms with Crippen molar-refractivity contribution in [1.29, 1.82) is 0 Å². The van der Waals surface area contributed by atoms with Crippen LogP contribution in [0.15, 0.2) is 30.5 Å². The standard InChI is InChI=1S/C21H27N5O/c1-13-8-6-7-9-20(13)26-17(5)18(12-22-26)16(4)23-21(27)11-10-19-14(2)15(3)24-25-19/h6-9,12,16H,10-11H2,1-5H3,(H,23,27)(H,24,25). The third-order valence-corrected chi connectivity index (χ3v) is 5.18. The summed E-state index contributed by atoms with van der Waals surface area (Å²) in [6.07, 6.45) is 2.89.